The molecule has 0 saturated heterocycles. The number of ketones is 1. The molecule has 15 heavy (non-hydrogen) atoms. The van der Waals surface area contributed by atoms with Gasteiger partial charge in [0.25, 0.3) is 0 Å². The summed E-state index contributed by atoms with van der Waals surface area (Å²) >= 11 is 11.7. The van der Waals surface area contributed by atoms with E-state index in [4.69, 9.17) is 28.3 Å². The Labute approximate surface area is 98.1 Å². The van der Waals surface area contributed by atoms with Crippen molar-refractivity contribution in [2.75, 3.05) is 0 Å². The van der Waals surface area contributed by atoms with Crippen LogP contribution in [0.25, 0.3) is 0 Å². The van der Waals surface area contributed by atoms with E-state index >= 15 is 0 Å². The van der Waals surface area contributed by atoms with Gasteiger partial charge in [0, 0.05) is 18.3 Å². The van der Waals surface area contributed by atoms with E-state index in [0.717, 1.165) is 0 Å². The number of hydrogen-bond acceptors (Lipinski definition) is 2. The molecule has 0 aromatic carbocycles. The Kier molecular flexibility index (Phi) is 3.79. The Morgan fingerprint density at radius 3 is 2.80 bits per heavy atom. The number of alkyl halides is 2. The van der Waals surface area contributed by atoms with E-state index in [1.54, 1.807) is 13.0 Å². The summed E-state index contributed by atoms with van der Waals surface area (Å²) in [6, 6.07) is 0. The van der Waals surface area contributed by atoms with E-state index in [-0.39, 0.29) is 24.5 Å². The molecule has 0 heterocycles. The Morgan fingerprint density at radius 2 is 2.33 bits per heavy atom. The average molecular weight is 251 g/mol. The first-order valence-electron chi connectivity index (χ1n) is 4.58. The summed E-state index contributed by atoms with van der Waals surface area (Å²) in [5.74, 6) is -1.36. The van der Waals surface area contributed by atoms with Crippen LogP contribution in [-0.4, -0.2) is 21.7 Å². The highest BCUT2D eigenvalue weighted by Gasteiger charge is 2.41. The van der Waals surface area contributed by atoms with E-state index in [9.17, 15) is 9.59 Å². The molecule has 1 aliphatic rings. The maximum Gasteiger partial charge on any atom is 0.303 e. The molecule has 0 aromatic heterocycles. The van der Waals surface area contributed by atoms with Crippen molar-refractivity contribution < 1.29 is 14.7 Å². The second-order valence-corrected chi connectivity index (χ2v) is 5.06. The van der Waals surface area contributed by atoms with Gasteiger partial charge >= 0.3 is 5.97 Å². The van der Waals surface area contributed by atoms with Crippen LogP contribution in [0.15, 0.2) is 12.2 Å². The summed E-state index contributed by atoms with van der Waals surface area (Å²) in [4.78, 5) is 21.1. The van der Waals surface area contributed by atoms with Gasteiger partial charge in [0.1, 0.15) is 4.84 Å². The molecule has 1 N–H and O–H groups in total. The fraction of sp³-hybridized carbons (Fsp3) is 0.600. The Bertz CT molecular complexity index is 312. The van der Waals surface area contributed by atoms with Crippen LogP contribution in [0, 0.1) is 11.3 Å². The van der Waals surface area contributed by atoms with Crippen molar-refractivity contribution in [2.45, 2.75) is 24.6 Å². The number of carbonyl (C=O) groups excluding carboxylic acids is 1. The molecule has 0 radical (unpaired) electrons. The molecule has 0 amide bonds. The van der Waals surface area contributed by atoms with Crippen LogP contribution in [0.4, 0.5) is 0 Å². The lowest BCUT2D eigenvalue weighted by atomic mass is 9.71. The van der Waals surface area contributed by atoms with Crippen LogP contribution in [0.5, 0.6) is 0 Å². The summed E-state index contributed by atoms with van der Waals surface area (Å²) < 4.78 is 0. The van der Waals surface area contributed by atoms with E-state index in [1.165, 1.54) is 6.08 Å². The van der Waals surface area contributed by atoms with Crippen molar-refractivity contribution in [3.8, 4) is 0 Å². The average Bonchev–Trinajstić information content (AvgIpc) is 2.10. The monoisotopic (exact) mass is 250 g/mol. The topological polar surface area (TPSA) is 54.4 Å². The maximum atomic E-state index is 11.2. The third-order valence-electron chi connectivity index (χ3n) is 2.85. The van der Waals surface area contributed by atoms with Crippen LogP contribution >= 0.6 is 23.2 Å². The van der Waals surface area contributed by atoms with Crippen LogP contribution in [0.1, 0.15) is 19.8 Å². The van der Waals surface area contributed by atoms with Gasteiger partial charge in [-0.2, -0.15) is 0 Å². The van der Waals surface area contributed by atoms with Crippen molar-refractivity contribution >= 4 is 35.0 Å². The molecular weight excluding hydrogens is 239 g/mol. The fourth-order valence-electron chi connectivity index (χ4n) is 1.69. The van der Waals surface area contributed by atoms with E-state index in [0.29, 0.717) is 0 Å². The molecule has 0 saturated carbocycles. The van der Waals surface area contributed by atoms with Gasteiger partial charge < -0.3 is 5.11 Å². The van der Waals surface area contributed by atoms with Gasteiger partial charge in [0.2, 0.25) is 0 Å². The zero-order valence-corrected chi connectivity index (χ0v) is 9.76. The molecule has 5 heteroatoms. The number of carboxylic acids is 1. The third kappa shape index (κ3) is 2.73. The summed E-state index contributed by atoms with van der Waals surface area (Å²) in [7, 11) is 0. The van der Waals surface area contributed by atoms with Crippen molar-refractivity contribution in [3.05, 3.63) is 12.2 Å². The first-order valence-corrected chi connectivity index (χ1v) is 5.45. The largest absolute Gasteiger partial charge is 0.481 e. The number of carboxylic acid groups (broad SMARTS) is 1. The first kappa shape index (κ1) is 12.5. The van der Waals surface area contributed by atoms with E-state index in [1.807, 2.05) is 0 Å². The van der Waals surface area contributed by atoms with Gasteiger partial charge in [0.15, 0.2) is 5.78 Å². The lowest BCUT2D eigenvalue weighted by Gasteiger charge is -2.37. The van der Waals surface area contributed by atoms with Crippen LogP contribution in [0.2, 0.25) is 0 Å². The van der Waals surface area contributed by atoms with Crippen molar-refractivity contribution in [2.24, 2.45) is 11.3 Å². The molecule has 1 aliphatic carbocycles. The molecule has 3 nitrogen and oxygen atoms in total. The second-order valence-electron chi connectivity index (χ2n) is 3.97. The van der Waals surface area contributed by atoms with Gasteiger partial charge in [-0.05, 0) is 12.0 Å². The third-order valence-corrected chi connectivity index (χ3v) is 3.79. The predicted molar refractivity (Wildman–Crippen MR) is 58.1 cm³/mol. The Morgan fingerprint density at radius 1 is 1.73 bits per heavy atom. The molecule has 0 bridgehead atoms. The van der Waals surface area contributed by atoms with Crippen molar-refractivity contribution in [1.82, 2.24) is 0 Å². The zero-order valence-electron chi connectivity index (χ0n) is 8.24. The summed E-state index contributed by atoms with van der Waals surface area (Å²) in [6.45, 7) is 1.77. The second kappa shape index (κ2) is 4.54. The van der Waals surface area contributed by atoms with Gasteiger partial charge in [-0.25, -0.2) is 0 Å². The maximum absolute atomic E-state index is 11.2. The van der Waals surface area contributed by atoms with Crippen molar-refractivity contribution in [3.63, 3.8) is 0 Å². The zero-order chi connectivity index (χ0) is 11.6. The number of halogens is 2. The van der Waals surface area contributed by atoms with E-state index in [2.05, 4.69) is 0 Å². The molecule has 1 rings (SSSR count). The Balaban J connectivity index is 2.95. The molecular formula is C10H12Cl2O3. The van der Waals surface area contributed by atoms with Gasteiger partial charge in [-0.15, -0.1) is 23.2 Å². The quantitative estimate of drug-likeness (QED) is 0.783. The fourth-order valence-corrected chi connectivity index (χ4v) is 2.20. The standard InChI is InChI=1S/C10H12Cl2O3/c1-10(9(11)12)3-2-7(13)4-6(10)5-8(14)15/h2-3,6,9H,4-5H2,1H3,(H,14,15)/t6-,10+/m0/s1. The predicted octanol–water partition coefficient (Wildman–Crippen LogP) is 2.42. The lowest BCUT2D eigenvalue weighted by Crippen LogP contribution is -2.37. The highest BCUT2D eigenvalue weighted by atomic mass is 35.5. The van der Waals surface area contributed by atoms with Crippen LogP contribution < -0.4 is 0 Å². The van der Waals surface area contributed by atoms with Crippen molar-refractivity contribution in [1.29, 1.82) is 0 Å². The summed E-state index contributed by atoms with van der Waals surface area (Å²) in [6.07, 6.45) is 3.14. The van der Waals surface area contributed by atoms with Gasteiger partial charge in [0.05, 0.1) is 0 Å². The number of hydrogen-bond donors (Lipinski definition) is 1. The smallest absolute Gasteiger partial charge is 0.303 e. The molecule has 2 atom stereocenters. The van der Waals surface area contributed by atoms with Gasteiger partial charge in [-0.1, -0.05) is 13.0 Å². The minimum absolute atomic E-state index is 0.0762. The van der Waals surface area contributed by atoms with Crippen LogP contribution in [-0.2, 0) is 9.59 Å². The highest BCUT2D eigenvalue weighted by molar-refractivity contribution is 6.45. The molecule has 84 valence electrons. The molecule has 0 fully saturated rings. The number of allylic oxidation sites excluding steroid dienone is 2. The minimum atomic E-state index is -0.941. The molecule has 0 aromatic rings. The lowest BCUT2D eigenvalue weighted by molar-refractivity contribution is -0.139. The number of rotatable bonds is 3. The highest BCUT2D eigenvalue weighted by Crippen LogP contribution is 2.44. The van der Waals surface area contributed by atoms with Crippen LogP contribution in [0.3, 0.4) is 0 Å². The molecule has 0 aliphatic heterocycles. The Hall–Kier alpha value is -0.540. The SMILES string of the molecule is C[C@@]1(C(Cl)Cl)C=CC(=O)C[C@H]1CC(=O)O. The van der Waals surface area contributed by atoms with E-state index < -0.39 is 16.2 Å². The minimum Gasteiger partial charge on any atom is -0.481 e. The summed E-state index contributed by atoms with van der Waals surface area (Å²) in [5.41, 5.74) is -0.643. The normalized spacial score (nSPS) is 30.9. The number of aliphatic carboxylic acids is 1. The molecule has 0 spiro atoms. The molecule has 0 unspecified atom stereocenters. The number of carbonyl (C=O) groups is 2. The summed E-state index contributed by atoms with van der Waals surface area (Å²) in [5, 5.41) is 8.74. The van der Waals surface area contributed by atoms with Gasteiger partial charge in [-0.3, -0.25) is 9.59 Å². The first-order chi connectivity index (χ1) is 6.86.